The summed E-state index contributed by atoms with van der Waals surface area (Å²) in [6.07, 6.45) is 0.620. The Hall–Kier alpha value is -1.88. The molecule has 1 rings (SSSR count). The number of methoxy groups -OCH3 is 1. The van der Waals surface area contributed by atoms with Crippen LogP contribution in [0, 0.1) is 0 Å². The molecule has 1 aromatic rings. The summed E-state index contributed by atoms with van der Waals surface area (Å²) >= 11 is 0. The van der Waals surface area contributed by atoms with E-state index in [1.54, 1.807) is 4.90 Å². The lowest BCUT2D eigenvalue weighted by Crippen LogP contribution is -2.40. The number of carbonyl (C=O) groups is 2. The van der Waals surface area contributed by atoms with Crippen molar-refractivity contribution in [2.45, 2.75) is 38.8 Å². The molecule has 1 N–H and O–H groups in total. The zero-order valence-electron chi connectivity index (χ0n) is 12.6. The highest BCUT2D eigenvalue weighted by atomic mass is 16.5. The number of rotatable bonds is 9. The summed E-state index contributed by atoms with van der Waals surface area (Å²) in [7, 11) is 1.52. The molecule has 0 saturated carbocycles. The van der Waals surface area contributed by atoms with Crippen molar-refractivity contribution in [3.8, 4) is 0 Å². The highest BCUT2D eigenvalue weighted by Crippen LogP contribution is 2.10. The number of aliphatic carboxylic acids is 1. The summed E-state index contributed by atoms with van der Waals surface area (Å²) in [5.41, 5.74) is 1.02. The van der Waals surface area contributed by atoms with Crippen molar-refractivity contribution in [1.29, 1.82) is 0 Å². The van der Waals surface area contributed by atoms with Crippen LogP contribution in [0.5, 0.6) is 0 Å². The Balaban J connectivity index is 2.73. The topological polar surface area (TPSA) is 66.8 Å². The number of hydrogen-bond acceptors (Lipinski definition) is 3. The molecule has 0 fully saturated rings. The standard InChI is InChI=1S/C16H23NO4/c1-3-14(21-2)16(20)17(11-7-10-15(18)19)12-13-8-5-4-6-9-13/h4-6,8-9,14H,3,7,10-12H2,1-2H3,(H,18,19). The Bertz CT molecular complexity index is 443. The molecule has 0 bridgehead atoms. The average Bonchev–Trinajstić information content (AvgIpc) is 2.48. The molecular formula is C16H23NO4. The van der Waals surface area contributed by atoms with E-state index in [1.807, 2.05) is 37.3 Å². The van der Waals surface area contributed by atoms with E-state index in [0.29, 0.717) is 25.9 Å². The maximum absolute atomic E-state index is 12.4. The lowest BCUT2D eigenvalue weighted by atomic mass is 10.1. The van der Waals surface area contributed by atoms with E-state index < -0.39 is 12.1 Å². The maximum atomic E-state index is 12.4. The fraction of sp³-hybridized carbons (Fsp3) is 0.500. The van der Waals surface area contributed by atoms with E-state index in [-0.39, 0.29) is 12.3 Å². The van der Waals surface area contributed by atoms with Gasteiger partial charge in [-0.15, -0.1) is 0 Å². The van der Waals surface area contributed by atoms with Gasteiger partial charge in [0.1, 0.15) is 6.10 Å². The number of carboxylic acids is 1. The summed E-state index contributed by atoms with van der Waals surface area (Å²) in [6, 6.07) is 9.66. The van der Waals surface area contributed by atoms with Gasteiger partial charge in [-0.2, -0.15) is 0 Å². The molecule has 5 heteroatoms. The second-order valence-electron chi connectivity index (χ2n) is 4.88. The van der Waals surface area contributed by atoms with Crippen LogP contribution in [0.15, 0.2) is 30.3 Å². The molecule has 0 spiro atoms. The van der Waals surface area contributed by atoms with E-state index in [1.165, 1.54) is 7.11 Å². The Kier molecular flexibility index (Phi) is 7.46. The van der Waals surface area contributed by atoms with Gasteiger partial charge in [-0.25, -0.2) is 0 Å². The van der Waals surface area contributed by atoms with Crippen LogP contribution in [0.2, 0.25) is 0 Å². The molecular weight excluding hydrogens is 270 g/mol. The highest BCUT2D eigenvalue weighted by Gasteiger charge is 2.22. The molecule has 1 amide bonds. The highest BCUT2D eigenvalue weighted by molar-refractivity contribution is 5.81. The number of nitrogens with zero attached hydrogens (tertiary/aromatic N) is 1. The average molecular weight is 293 g/mol. The third-order valence-corrected chi connectivity index (χ3v) is 3.28. The largest absolute Gasteiger partial charge is 0.481 e. The Morgan fingerprint density at radius 3 is 2.48 bits per heavy atom. The normalized spacial score (nSPS) is 11.9. The number of carboxylic acid groups (broad SMARTS) is 1. The lowest BCUT2D eigenvalue weighted by molar-refractivity contribution is -0.144. The smallest absolute Gasteiger partial charge is 0.303 e. The lowest BCUT2D eigenvalue weighted by Gasteiger charge is -2.26. The van der Waals surface area contributed by atoms with E-state index in [4.69, 9.17) is 9.84 Å². The Morgan fingerprint density at radius 1 is 1.29 bits per heavy atom. The van der Waals surface area contributed by atoms with Crippen LogP contribution in [-0.4, -0.2) is 41.6 Å². The number of ether oxygens (including phenoxy) is 1. The van der Waals surface area contributed by atoms with Crippen LogP contribution in [0.4, 0.5) is 0 Å². The predicted molar refractivity (Wildman–Crippen MR) is 79.8 cm³/mol. The second kappa shape index (κ2) is 9.13. The Labute approximate surface area is 125 Å². The quantitative estimate of drug-likeness (QED) is 0.758. The minimum absolute atomic E-state index is 0.0579. The Morgan fingerprint density at radius 2 is 1.95 bits per heavy atom. The number of amides is 1. The zero-order valence-corrected chi connectivity index (χ0v) is 12.6. The summed E-state index contributed by atoms with van der Waals surface area (Å²) < 4.78 is 5.20. The summed E-state index contributed by atoms with van der Waals surface area (Å²) in [5.74, 6) is -0.935. The van der Waals surface area contributed by atoms with Crippen molar-refractivity contribution in [3.63, 3.8) is 0 Å². The fourth-order valence-corrected chi connectivity index (χ4v) is 2.14. The first-order valence-corrected chi connectivity index (χ1v) is 7.15. The van der Waals surface area contributed by atoms with Crippen molar-refractivity contribution in [2.24, 2.45) is 0 Å². The molecule has 1 aromatic carbocycles. The minimum Gasteiger partial charge on any atom is -0.481 e. The molecule has 1 unspecified atom stereocenters. The van der Waals surface area contributed by atoms with Crippen molar-refractivity contribution in [3.05, 3.63) is 35.9 Å². The summed E-state index contributed by atoms with van der Waals surface area (Å²) in [6.45, 7) is 2.78. The molecule has 116 valence electrons. The zero-order chi connectivity index (χ0) is 15.7. The first-order valence-electron chi connectivity index (χ1n) is 7.15. The third-order valence-electron chi connectivity index (χ3n) is 3.28. The number of carbonyl (C=O) groups excluding carboxylic acids is 1. The molecule has 0 radical (unpaired) electrons. The summed E-state index contributed by atoms with van der Waals surface area (Å²) in [5, 5.41) is 8.73. The van der Waals surface area contributed by atoms with Gasteiger partial charge in [0.25, 0.3) is 5.91 Å². The van der Waals surface area contributed by atoms with Crippen LogP contribution in [0.3, 0.4) is 0 Å². The van der Waals surface area contributed by atoms with E-state index >= 15 is 0 Å². The van der Waals surface area contributed by atoms with Gasteiger partial charge < -0.3 is 14.7 Å². The van der Waals surface area contributed by atoms with Crippen LogP contribution in [0.1, 0.15) is 31.7 Å². The molecule has 0 aliphatic rings. The van der Waals surface area contributed by atoms with Crippen molar-refractivity contribution in [2.75, 3.05) is 13.7 Å². The predicted octanol–water partition coefficient (Wildman–Crippen LogP) is 2.30. The van der Waals surface area contributed by atoms with Gasteiger partial charge >= 0.3 is 5.97 Å². The fourth-order valence-electron chi connectivity index (χ4n) is 2.14. The molecule has 0 saturated heterocycles. The summed E-state index contributed by atoms with van der Waals surface area (Å²) in [4.78, 5) is 24.7. The van der Waals surface area contributed by atoms with E-state index in [2.05, 4.69) is 0 Å². The first-order chi connectivity index (χ1) is 10.1. The maximum Gasteiger partial charge on any atom is 0.303 e. The van der Waals surface area contributed by atoms with Crippen LogP contribution < -0.4 is 0 Å². The van der Waals surface area contributed by atoms with Crippen molar-refractivity contribution < 1.29 is 19.4 Å². The van der Waals surface area contributed by atoms with Gasteiger partial charge in [0.05, 0.1) is 0 Å². The van der Waals surface area contributed by atoms with Gasteiger partial charge in [-0.3, -0.25) is 9.59 Å². The van der Waals surface area contributed by atoms with Crippen LogP contribution in [-0.2, 0) is 20.9 Å². The minimum atomic E-state index is -0.846. The van der Waals surface area contributed by atoms with Gasteiger partial charge in [-0.05, 0) is 18.4 Å². The van der Waals surface area contributed by atoms with Gasteiger partial charge in [-0.1, -0.05) is 37.3 Å². The van der Waals surface area contributed by atoms with E-state index in [9.17, 15) is 9.59 Å². The molecule has 21 heavy (non-hydrogen) atoms. The van der Waals surface area contributed by atoms with Crippen molar-refractivity contribution >= 4 is 11.9 Å². The SMILES string of the molecule is CCC(OC)C(=O)N(CCCC(=O)O)Cc1ccccc1. The van der Waals surface area contributed by atoms with Crippen molar-refractivity contribution in [1.82, 2.24) is 4.90 Å². The van der Waals surface area contributed by atoms with Crippen LogP contribution in [0.25, 0.3) is 0 Å². The van der Waals surface area contributed by atoms with Crippen LogP contribution >= 0.6 is 0 Å². The molecule has 0 aliphatic heterocycles. The monoisotopic (exact) mass is 293 g/mol. The first kappa shape index (κ1) is 17.2. The molecule has 0 heterocycles. The molecule has 1 atom stereocenters. The molecule has 0 aliphatic carbocycles. The van der Waals surface area contributed by atoms with Gasteiger partial charge in [0, 0.05) is 26.6 Å². The van der Waals surface area contributed by atoms with E-state index in [0.717, 1.165) is 5.56 Å². The molecule has 5 nitrogen and oxygen atoms in total. The van der Waals surface area contributed by atoms with Gasteiger partial charge in [0.2, 0.25) is 0 Å². The van der Waals surface area contributed by atoms with Gasteiger partial charge in [0.15, 0.2) is 0 Å². The second-order valence-corrected chi connectivity index (χ2v) is 4.88. The molecule has 0 aromatic heterocycles. The third kappa shape index (κ3) is 5.95. The number of hydrogen-bond donors (Lipinski definition) is 1. The number of benzene rings is 1.